The fourth-order valence-corrected chi connectivity index (χ4v) is 2.03. The van der Waals surface area contributed by atoms with Gasteiger partial charge in [-0.1, -0.05) is 27.2 Å². The Hall–Kier alpha value is -1.03. The van der Waals surface area contributed by atoms with Crippen molar-refractivity contribution in [1.29, 1.82) is 0 Å². The Labute approximate surface area is 111 Å². The van der Waals surface area contributed by atoms with Gasteiger partial charge in [-0.25, -0.2) is 4.98 Å². The van der Waals surface area contributed by atoms with Gasteiger partial charge in [-0.15, -0.1) is 0 Å². The molecule has 0 saturated heterocycles. The maximum Gasteiger partial charge on any atom is 0.202 e. The van der Waals surface area contributed by atoms with Crippen LogP contribution in [0.1, 0.15) is 40.0 Å². The van der Waals surface area contributed by atoms with Gasteiger partial charge in [0.15, 0.2) is 0 Å². The molecule has 0 amide bonds. The van der Waals surface area contributed by atoms with Crippen LogP contribution in [0.2, 0.25) is 0 Å². The van der Waals surface area contributed by atoms with E-state index in [-0.39, 0.29) is 0 Å². The van der Waals surface area contributed by atoms with Crippen molar-refractivity contribution < 1.29 is 0 Å². The number of unbranched alkanes of at least 4 members (excludes halogenated alkanes) is 1. The molecule has 0 aliphatic heterocycles. The third-order valence-corrected chi connectivity index (χ3v) is 3.30. The second-order valence-electron chi connectivity index (χ2n) is 4.61. The van der Waals surface area contributed by atoms with Gasteiger partial charge >= 0.3 is 0 Å². The van der Waals surface area contributed by atoms with E-state index in [1.54, 1.807) is 0 Å². The first-order valence-corrected chi connectivity index (χ1v) is 7.29. The Morgan fingerprint density at radius 3 is 2.67 bits per heavy atom. The largest absolute Gasteiger partial charge is 0.356 e. The molecule has 1 aromatic heterocycles. The number of imidazole rings is 1. The zero-order chi connectivity index (χ0) is 13.2. The second kappa shape index (κ2) is 8.97. The molecule has 0 aliphatic rings. The predicted octanol–water partition coefficient (Wildman–Crippen LogP) is 2.83. The van der Waals surface area contributed by atoms with Crippen LogP contribution in [-0.4, -0.2) is 40.6 Å². The first-order valence-electron chi connectivity index (χ1n) is 7.29. The molecule has 0 aliphatic carbocycles. The third kappa shape index (κ3) is 5.08. The molecule has 1 heterocycles. The van der Waals surface area contributed by atoms with Crippen LogP contribution in [0, 0.1) is 0 Å². The van der Waals surface area contributed by atoms with E-state index in [4.69, 9.17) is 0 Å². The van der Waals surface area contributed by atoms with Crippen LogP contribution in [0.5, 0.6) is 0 Å². The minimum absolute atomic E-state index is 1.000. The van der Waals surface area contributed by atoms with Crippen LogP contribution in [0.3, 0.4) is 0 Å². The Morgan fingerprint density at radius 2 is 2.00 bits per heavy atom. The first kappa shape index (κ1) is 15.0. The molecule has 0 fully saturated rings. The van der Waals surface area contributed by atoms with Gasteiger partial charge in [0.05, 0.1) is 0 Å². The fraction of sp³-hybridized carbons (Fsp3) is 0.786. The topological polar surface area (TPSA) is 33.1 Å². The van der Waals surface area contributed by atoms with Crippen LogP contribution in [0.4, 0.5) is 5.95 Å². The number of anilines is 1. The molecule has 1 rings (SSSR count). The Bertz CT molecular complexity index is 304. The summed E-state index contributed by atoms with van der Waals surface area (Å²) in [4.78, 5) is 6.81. The van der Waals surface area contributed by atoms with Gasteiger partial charge in [0.2, 0.25) is 5.95 Å². The van der Waals surface area contributed by atoms with Gasteiger partial charge in [-0.05, 0) is 32.5 Å². The molecule has 4 heteroatoms. The van der Waals surface area contributed by atoms with Crippen molar-refractivity contribution in [1.82, 2.24) is 14.5 Å². The van der Waals surface area contributed by atoms with E-state index in [1.807, 2.05) is 6.20 Å². The molecule has 1 N–H and O–H groups in total. The van der Waals surface area contributed by atoms with Crippen molar-refractivity contribution in [3.8, 4) is 0 Å². The van der Waals surface area contributed by atoms with Crippen molar-refractivity contribution in [3.05, 3.63) is 12.4 Å². The van der Waals surface area contributed by atoms with Gasteiger partial charge in [0, 0.05) is 25.5 Å². The highest BCUT2D eigenvalue weighted by Crippen LogP contribution is 2.06. The van der Waals surface area contributed by atoms with E-state index < -0.39 is 0 Å². The van der Waals surface area contributed by atoms with Crippen molar-refractivity contribution >= 4 is 5.95 Å². The lowest BCUT2D eigenvalue weighted by molar-refractivity contribution is 0.303. The number of rotatable bonds is 10. The van der Waals surface area contributed by atoms with Crippen LogP contribution < -0.4 is 5.32 Å². The summed E-state index contributed by atoms with van der Waals surface area (Å²) < 4.78 is 2.21. The maximum atomic E-state index is 4.36. The molecule has 0 bridgehead atoms. The van der Waals surface area contributed by atoms with Gasteiger partial charge in [-0.3, -0.25) is 0 Å². The third-order valence-electron chi connectivity index (χ3n) is 3.30. The van der Waals surface area contributed by atoms with Crippen LogP contribution in [0.15, 0.2) is 12.4 Å². The maximum absolute atomic E-state index is 4.36. The predicted molar refractivity (Wildman–Crippen MR) is 78.0 cm³/mol. The van der Waals surface area contributed by atoms with Gasteiger partial charge < -0.3 is 14.8 Å². The summed E-state index contributed by atoms with van der Waals surface area (Å²) in [6, 6.07) is 0. The molecule has 0 atom stereocenters. The van der Waals surface area contributed by atoms with Crippen LogP contribution in [-0.2, 0) is 6.54 Å². The number of nitrogens with zero attached hydrogens (tertiary/aromatic N) is 3. The number of aromatic nitrogens is 2. The molecule has 0 aromatic carbocycles. The van der Waals surface area contributed by atoms with E-state index in [9.17, 15) is 0 Å². The van der Waals surface area contributed by atoms with Crippen LogP contribution in [0.25, 0.3) is 0 Å². The zero-order valence-electron chi connectivity index (χ0n) is 12.2. The molecular formula is C14H28N4. The first-order chi connectivity index (χ1) is 8.81. The molecule has 0 unspecified atom stereocenters. The summed E-state index contributed by atoms with van der Waals surface area (Å²) in [6.07, 6.45) is 7.54. The lowest BCUT2D eigenvalue weighted by atomic mass is 10.3. The SMILES string of the molecule is CCCCn1ccnc1NCCCN(CC)CC. The highest BCUT2D eigenvalue weighted by Gasteiger charge is 2.02. The number of nitrogens with one attached hydrogen (secondary N) is 1. The van der Waals surface area contributed by atoms with Crippen LogP contribution >= 0.6 is 0 Å². The number of aryl methyl sites for hydroxylation is 1. The summed E-state index contributed by atoms with van der Waals surface area (Å²) in [5.74, 6) is 1.02. The van der Waals surface area contributed by atoms with Crippen molar-refractivity contribution in [2.75, 3.05) is 31.5 Å². The Balaban J connectivity index is 2.24. The van der Waals surface area contributed by atoms with Gasteiger partial charge in [-0.2, -0.15) is 0 Å². The van der Waals surface area contributed by atoms with Crippen molar-refractivity contribution in [2.24, 2.45) is 0 Å². The number of hydrogen-bond donors (Lipinski definition) is 1. The molecule has 104 valence electrons. The van der Waals surface area contributed by atoms with E-state index in [2.05, 4.69) is 46.7 Å². The minimum atomic E-state index is 1.000. The van der Waals surface area contributed by atoms with Gasteiger partial charge in [0.25, 0.3) is 0 Å². The molecule has 18 heavy (non-hydrogen) atoms. The normalized spacial score (nSPS) is 11.1. The molecular weight excluding hydrogens is 224 g/mol. The monoisotopic (exact) mass is 252 g/mol. The fourth-order valence-electron chi connectivity index (χ4n) is 2.03. The second-order valence-corrected chi connectivity index (χ2v) is 4.61. The van der Waals surface area contributed by atoms with E-state index in [0.29, 0.717) is 0 Å². The summed E-state index contributed by atoms with van der Waals surface area (Å²) in [5, 5.41) is 3.43. The highest BCUT2D eigenvalue weighted by atomic mass is 15.2. The average Bonchev–Trinajstić information content (AvgIpc) is 2.84. The number of hydrogen-bond acceptors (Lipinski definition) is 3. The summed E-state index contributed by atoms with van der Waals surface area (Å²) in [6.45, 7) is 12.2. The van der Waals surface area contributed by atoms with Crippen molar-refractivity contribution in [3.63, 3.8) is 0 Å². The molecule has 1 aromatic rings. The molecule has 0 spiro atoms. The minimum Gasteiger partial charge on any atom is -0.356 e. The van der Waals surface area contributed by atoms with Gasteiger partial charge in [0.1, 0.15) is 0 Å². The van der Waals surface area contributed by atoms with E-state index in [0.717, 1.165) is 38.7 Å². The summed E-state index contributed by atoms with van der Waals surface area (Å²) in [7, 11) is 0. The van der Waals surface area contributed by atoms with E-state index >= 15 is 0 Å². The molecule has 0 radical (unpaired) electrons. The highest BCUT2D eigenvalue weighted by molar-refractivity contribution is 5.25. The summed E-state index contributed by atoms with van der Waals surface area (Å²) >= 11 is 0. The standard InChI is InChI=1S/C14H28N4/c1-4-7-12-18-13-10-16-14(18)15-9-8-11-17(5-2)6-3/h10,13H,4-9,11-12H2,1-3H3,(H,15,16). The average molecular weight is 252 g/mol. The summed E-state index contributed by atoms with van der Waals surface area (Å²) in [5.41, 5.74) is 0. The quantitative estimate of drug-likeness (QED) is 0.650. The lowest BCUT2D eigenvalue weighted by Crippen LogP contribution is -2.25. The Kier molecular flexibility index (Phi) is 7.49. The lowest BCUT2D eigenvalue weighted by Gasteiger charge is -2.18. The molecule has 4 nitrogen and oxygen atoms in total. The Morgan fingerprint density at radius 1 is 1.22 bits per heavy atom. The molecule has 0 saturated carbocycles. The van der Waals surface area contributed by atoms with E-state index in [1.165, 1.54) is 19.3 Å². The smallest absolute Gasteiger partial charge is 0.202 e. The zero-order valence-corrected chi connectivity index (χ0v) is 12.2. The van der Waals surface area contributed by atoms with Crippen molar-refractivity contribution in [2.45, 2.75) is 46.6 Å².